The van der Waals surface area contributed by atoms with E-state index in [2.05, 4.69) is 251 Å². The van der Waals surface area contributed by atoms with Crippen LogP contribution in [0.15, 0.2) is 84.9 Å². The minimum atomic E-state index is -0.564. The monoisotopic (exact) mass is 1080 g/mol. The van der Waals surface area contributed by atoms with Crippen molar-refractivity contribution in [3.05, 3.63) is 163 Å². The minimum Gasteiger partial charge on any atom is -0.507 e. The predicted octanol–water partition coefficient (Wildman–Crippen LogP) is 21.3. The molecule has 5 heteroatoms. The van der Waals surface area contributed by atoms with E-state index in [4.69, 9.17) is 0 Å². The Bertz CT molecular complexity index is 3020. The summed E-state index contributed by atoms with van der Waals surface area (Å²) < 4.78 is 2.12. The lowest BCUT2D eigenvalue weighted by Gasteiger charge is -2.36. The summed E-state index contributed by atoms with van der Waals surface area (Å²) >= 11 is 1.73. The molecular formula is C74H100O4S. The molecule has 426 valence electrons. The molecule has 0 spiro atoms. The Labute approximate surface area is 482 Å². The van der Waals surface area contributed by atoms with Gasteiger partial charge in [-0.15, -0.1) is 11.3 Å². The van der Waals surface area contributed by atoms with Crippen LogP contribution in [0.25, 0.3) is 20.2 Å². The molecule has 1 aromatic heterocycles. The van der Waals surface area contributed by atoms with Crippen molar-refractivity contribution in [2.75, 3.05) is 0 Å². The maximum absolute atomic E-state index is 13.1. The van der Waals surface area contributed by atoms with Gasteiger partial charge < -0.3 is 20.4 Å². The van der Waals surface area contributed by atoms with Gasteiger partial charge in [-0.2, -0.15) is 0 Å². The minimum absolute atomic E-state index is 0.00128. The SMILES string of the molecule is Cc1cc(C(c2cc(C)cc(C(C)(C)CC(C)(C)C)c2O)c2cccc3c2sc2c(C(c4cc(C)cc(C(C)(C)CC(C)(C)C)c4O)c4cc(C)cc(C(C)(C)CC(C)(C)C)c4O)cccc23)c(O)c(C(C)(C)CC(C)(C)C)c1. The molecule has 0 amide bonds. The molecule has 4 nitrogen and oxygen atoms in total. The zero-order valence-corrected chi connectivity index (χ0v) is 54.1. The summed E-state index contributed by atoms with van der Waals surface area (Å²) in [5.74, 6) is -0.0709. The van der Waals surface area contributed by atoms with Crippen molar-refractivity contribution < 1.29 is 20.4 Å². The smallest absolute Gasteiger partial charge is 0.123 e. The molecule has 0 atom stereocenters. The van der Waals surface area contributed by atoms with E-state index in [0.717, 1.165) is 124 Å². The number of hydrogen-bond donors (Lipinski definition) is 4. The van der Waals surface area contributed by atoms with Crippen LogP contribution < -0.4 is 0 Å². The second kappa shape index (κ2) is 20.9. The number of aryl methyl sites for hydroxylation is 4. The van der Waals surface area contributed by atoms with Crippen molar-refractivity contribution in [2.45, 2.75) is 225 Å². The molecule has 0 saturated carbocycles. The largest absolute Gasteiger partial charge is 0.507 e. The van der Waals surface area contributed by atoms with Crippen LogP contribution in [0.2, 0.25) is 0 Å². The van der Waals surface area contributed by atoms with E-state index < -0.39 is 11.8 Å². The van der Waals surface area contributed by atoms with Gasteiger partial charge in [-0.05, 0) is 108 Å². The highest BCUT2D eigenvalue weighted by molar-refractivity contribution is 7.26. The van der Waals surface area contributed by atoms with Crippen LogP contribution >= 0.6 is 11.3 Å². The lowest BCUT2D eigenvalue weighted by atomic mass is 9.69. The molecule has 0 aliphatic carbocycles. The number of phenols is 4. The highest BCUT2D eigenvalue weighted by Gasteiger charge is 2.40. The number of aromatic hydroxyl groups is 4. The maximum Gasteiger partial charge on any atom is 0.123 e. The van der Waals surface area contributed by atoms with E-state index in [9.17, 15) is 20.4 Å². The average Bonchev–Trinajstić information content (AvgIpc) is 3.98. The molecule has 1 heterocycles. The first kappa shape index (κ1) is 61.4. The quantitative estimate of drug-likeness (QED) is 0.0818. The summed E-state index contributed by atoms with van der Waals surface area (Å²) in [6.45, 7) is 53.6. The summed E-state index contributed by atoms with van der Waals surface area (Å²) in [5.41, 5.74) is 11.4. The van der Waals surface area contributed by atoms with Gasteiger partial charge >= 0.3 is 0 Å². The van der Waals surface area contributed by atoms with Gasteiger partial charge in [-0.1, -0.05) is 246 Å². The summed E-state index contributed by atoms with van der Waals surface area (Å²) in [7, 11) is 0. The van der Waals surface area contributed by atoms with Crippen LogP contribution in [-0.4, -0.2) is 20.4 Å². The molecule has 4 N–H and O–H groups in total. The first-order valence-electron chi connectivity index (χ1n) is 29.2. The molecule has 0 bridgehead atoms. The lowest BCUT2D eigenvalue weighted by Crippen LogP contribution is -2.26. The van der Waals surface area contributed by atoms with Crippen molar-refractivity contribution in [3.63, 3.8) is 0 Å². The van der Waals surface area contributed by atoms with Gasteiger partial charge in [-0.25, -0.2) is 0 Å². The molecular weight excluding hydrogens is 985 g/mol. The van der Waals surface area contributed by atoms with Crippen LogP contribution in [0.4, 0.5) is 0 Å². The summed E-state index contributed by atoms with van der Waals surface area (Å²) in [6.07, 6.45) is 3.43. The van der Waals surface area contributed by atoms with E-state index in [1.54, 1.807) is 11.3 Å². The van der Waals surface area contributed by atoms with E-state index in [1.807, 2.05) is 0 Å². The number of hydrogen-bond acceptors (Lipinski definition) is 5. The second-order valence-electron chi connectivity index (χ2n) is 31.9. The normalized spacial score (nSPS) is 13.7. The van der Waals surface area contributed by atoms with Crippen LogP contribution in [0, 0.1) is 49.4 Å². The first-order valence-corrected chi connectivity index (χ1v) is 30.0. The Morgan fingerprint density at radius 1 is 0.316 bits per heavy atom. The third kappa shape index (κ3) is 13.1. The van der Waals surface area contributed by atoms with Crippen LogP contribution in [0.3, 0.4) is 0 Å². The molecule has 6 aromatic carbocycles. The zero-order valence-electron chi connectivity index (χ0n) is 53.3. The van der Waals surface area contributed by atoms with Crippen molar-refractivity contribution in [3.8, 4) is 23.0 Å². The third-order valence-corrected chi connectivity index (χ3v) is 17.7. The van der Waals surface area contributed by atoms with Gasteiger partial charge in [0.1, 0.15) is 23.0 Å². The molecule has 7 rings (SSSR count). The van der Waals surface area contributed by atoms with E-state index in [0.29, 0.717) is 0 Å². The van der Waals surface area contributed by atoms with Crippen LogP contribution in [0.5, 0.6) is 23.0 Å². The predicted molar refractivity (Wildman–Crippen MR) is 341 cm³/mol. The topological polar surface area (TPSA) is 80.9 Å². The Kier molecular flexibility index (Phi) is 16.3. The fourth-order valence-corrected chi connectivity index (χ4v) is 16.6. The Hall–Kier alpha value is -5.26. The molecule has 0 radical (unpaired) electrons. The molecule has 7 aromatic rings. The molecule has 0 aliphatic rings. The van der Waals surface area contributed by atoms with Crippen molar-refractivity contribution in [1.82, 2.24) is 0 Å². The van der Waals surface area contributed by atoms with Gasteiger partial charge in [0.05, 0.1) is 0 Å². The molecule has 79 heavy (non-hydrogen) atoms. The molecule has 0 saturated heterocycles. The first-order chi connectivity index (χ1) is 35.9. The lowest BCUT2D eigenvalue weighted by molar-refractivity contribution is 0.277. The summed E-state index contributed by atoms with van der Waals surface area (Å²) in [5, 5.41) is 54.6. The van der Waals surface area contributed by atoms with E-state index >= 15 is 0 Å². The Balaban J connectivity index is 1.63. The Morgan fingerprint density at radius 2 is 0.532 bits per heavy atom. The van der Waals surface area contributed by atoms with Crippen molar-refractivity contribution in [2.24, 2.45) is 21.7 Å². The van der Waals surface area contributed by atoms with Crippen molar-refractivity contribution >= 4 is 31.5 Å². The molecule has 0 aliphatic heterocycles. The fourth-order valence-electron chi connectivity index (χ4n) is 15.2. The van der Waals surface area contributed by atoms with Gasteiger partial charge in [-0.3, -0.25) is 0 Å². The highest BCUT2D eigenvalue weighted by atomic mass is 32.1. The number of rotatable bonds is 14. The van der Waals surface area contributed by atoms with Gasteiger partial charge in [0.15, 0.2) is 0 Å². The highest BCUT2D eigenvalue weighted by Crippen LogP contribution is 2.56. The standard InChI is InChI=1S/C74H100O4S/c1-43-31-51(61(75)55(35-43)71(17,18)39-67(5,6)7)59(52-32-44(2)36-56(62(52)76)72(19,20)40-68(8,9)10)49-29-25-27-47-48-28-26-30-50(66(48)79-65(47)49)60(53-33-45(3)37-57(63(53)77)73(21,22)41-69(11,12)13)54-34-46(4)38-58(64(54)78)74(23,24)42-70(14,15)16/h25-38,59-60,75-78H,39-42H2,1-24H3. The van der Waals surface area contributed by atoms with Crippen molar-refractivity contribution in [1.29, 1.82) is 0 Å². The Morgan fingerprint density at radius 3 is 0.734 bits per heavy atom. The fraction of sp³-hybridized carbons (Fsp3) is 0.514. The van der Waals surface area contributed by atoms with Crippen LogP contribution in [-0.2, 0) is 21.7 Å². The average molecular weight is 1090 g/mol. The maximum atomic E-state index is 13.1. The number of thiophene rings is 1. The third-order valence-electron chi connectivity index (χ3n) is 16.4. The molecule has 0 fully saturated rings. The summed E-state index contributed by atoms with van der Waals surface area (Å²) in [6, 6.07) is 30.3. The molecule has 0 unspecified atom stereocenters. The van der Waals surface area contributed by atoms with Crippen LogP contribution in [0.1, 0.15) is 254 Å². The zero-order chi connectivity index (χ0) is 59.3. The van der Waals surface area contributed by atoms with E-state index in [-0.39, 0.29) is 66.3 Å². The summed E-state index contributed by atoms with van der Waals surface area (Å²) in [4.78, 5) is 0. The number of phenolic OH excluding ortho intramolecular Hbond substituents is 4. The second-order valence-corrected chi connectivity index (χ2v) is 32.9. The van der Waals surface area contributed by atoms with E-state index in [1.165, 1.54) is 0 Å². The van der Waals surface area contributed by atoms with Gasteiger partial charge in [0.2, 0.25) is 0 Å². The number of fused-ring (bicyclic) bond motifs is 3. The van der Waals surface area contributed by atoms with Gasteiger partial charge in [0.25, 0.3) is 0 Å². The number of benzene rings is 6. The van der Waals surface area contributed by atoms with Gasteiger partial charge in [0, 0.05) is 76.5 Å².